The number of aryl methyl sites for hydroxylation is 1. The molecule has 3 aromatic carbocycles. The highest BCUT2D eigenvalue weighted by Crippen LogP contribution is 2.29. The number of methoxy groups -OCH3 is 1. The van der Waals surface area contributed by atoms with E-state index in [1.165, 1.54) is 0 Å². The highest BCUT2D eigenvalue weighted by Gasteiger charge is 2.11. The van der Waals surface area contributed by atoms with Crippen molar-refractivity contribution in [3.63, 3.8) is 0 Å². The zero-order valence-electron chi connectivity index (χ0n) is 15.2. The van der Waals surface area contributed by atoms with Crippen LogP contribution in [0, 0.1) is 6.92 Å². The van der Waals surface area contributed by atoms with Crippen LogP contribution in [0.2, 0.25) is 5.02 Å². The molecule has 0 aliphatic rings. The summed E-state index contributed by atoms with van der Waals surface area (Å²) in [5, 5.41) is 3.66. The highest BCUT2D eigenvalue weighted by atomic mass is 35.5. The van der Waals surface area contributed by atoms with E-state index in [0.29, 0.717) is 16.3 Å². The number of anilines is 1. The molecule has 1 N–H and O–H groups in total. The van der Waals surface area contributed by atoms with Gasteiger partial charge in [0.25, 0.3) is 5.91 Å². The molecule has 0 heterocycles. The molecule has 0 unspecified atom stereocenters. The van der Waals surface area contributed by atoms with Gasteiger partial charge >= 0.3 is 0 Å². The van der Waals surface area contributed by atoms with Gasteiger partial charge < -0.3 is 10.1 Å². The molecule has 0 radical (unpaired) electrons. The molecule has 0 aliphatic heterocycles. The van der Waals surface area contributed by atoms with Crippen molar-refractivity contribution in [3.05, 3.63) is 88.4 Å². The minimum atomic E-state index is -0.138. The number of thioether (sulfide) groups is 1. The van der Waals surface area contributed by atoms with Crippen LogP contribution < -0.4 is 10.1 Å². The van der Waals surface area contributed by atoms with Crippen LogP contribution in [0.25, 0.3) is 0 Å². The Labute approximate surface area is 168 Å². The van der Waals surface area contributed by atoms with Crippen molar-refractivity contribution in [1.29, 1.82) is 0 Å². The Kier molecular flexibility index (Phi) is 6.43. The highest BCUT2D eigenvalue weighted by molar-refractivity contribution is 7.98. The van der Waals surface area contributed by atoms with Crippen LogP contribution in [0.15, 0.2) is 71.6 Å². The lowest BCUT2D eigenvalue weighted by molar-refractivity contribution is 0.102. The van der Waals surface area contributed by atoms with Crippen molar-refractivity contribution in [1.82, 2.24) is 0 Å². The first kappa shape index (κ1) is 19.3. The van der Waals surface area contributed by atoms with Crippen molar-refractivity contribution in [2.24, 2.45) is 0 Å². The largest absolute Gasteiger partial charge is 0.496 e. The quantitative estimate of drug-likeness (QED) is 0.503. The summed E-state index contributed by atoms with van der Waals surface area (Å²) in [6.07, 6.45) is 0. The molecule has 3 rings (SSSR count). The molecule has 0 atom stereocenters. The summed E-state index contributed by atoms with van der Waals surface area (Å²) in [6, 6.07) is 20.9. The van der Waals surface area contributed by atoms with Gasteiger partial charge in [-0.15, -0.1) is 11.8 Å². The van der Waals surface area contributed by atoms with Gasteiger partial charge in [-0.2, -0.15) is 0 Å². The Morgan fingerprint density at radius 3 is 2.56 bits per heavy atom. The van der Waals surface area contributed by atoms with Crippen molar-refractivity contribution in [2.45, 2.75) is 17.6 Å². The van der Waals surface area contributed by atoms with E-state index in [-0.39, 0.29) is 5.91 Å². The second kappa shape index (κ2) is 8.98. The molecule has 0 bridgehead atoms. The van der Waals surface area contributed by atoms with E-state index in [2.05, 4.69) is 5.32 Å². The van der Waals surface area contributed by atoms with Gasteiger partial charge in [0.2, 0.25) is 0 Å². The molecule has 0 aliphatic carbocycles. The summed E-state index contributed by atoms with van der Waals surface area (Å²) in [5.74, 6) is 1.32. The van der Waals surface area contributed by atoms with Crippen LogP contribution in [-0.4, -0.2) is 13.0 Å². The zero-order chi connectivity index (χ0) is 19.2. The Morgan fingerprint density at radius 2 is 1.85 bits per heavy atom. The Bertz CT molecular complexity index is 941. The number of carbonyl (C=O) groups excluding carboxylic acids is 1. The van der Waals surface area contributed by atoms with Crippen molar-refractivity contribution < 1.29 is 9.53 Å². The van der Waals surface area contributed by atoms with Crippen LogP contribution in [0.4, 0.5) is 5.69 Å². The Morgan fingerprint density at radius 1 is 1.07 bits per heavy atom. The molecule has 0 spiro atoms. The first-order valence-electron chi connectivity index (χ1n) is 8.48. The Balaban J connectivity index is 1.75. The number of halogens is 1. The second-order valence-corrected chi connectivity index (χ2v) is 7.58. The van der Waals surface area contributed by atoms with Crippen LogP contribution in [-0.2, 0) is 5.75 Å². The maximum Gasteiger partial charge on any atom is 0.255 e. The maximum atomic E-state index is 12.6. The van der Waals surface area contributed by atoms with Gasteiger partial charge in [0.05, 0.1) is 7.11 Å². The molecular weight excluding hydrogens is 378 g/mol. The van der Waals surface area contributed by atoms with Crippen molar-refractivity contribution in [3.8, 4) is 5.75 Å². The van der Waals surface area contributed by atoms with Gasteiger partial charge in [-0.25, -0.2) is 0 Å². The molecule has 0 saturated carbocycles. The molecule has 1 amide bonds. The summed E-state index contributed by atoms with van der Waals surface area (Å²) < 4.78 is 5.46. The number of amides is 1. The molecular formula is C22H20ClNO2S. The predicted molar refractivity (Wildman–Crippen MR) is 113 cm³/mol. The van der Waals surface area contributed by atoms with E-state index in [4.69, 9.17) is 16.3 Å². The molecule has 0 aromatic heterocycles. The third-order valence-corrected chi connectivity index (χ3v) is 5.34. The molecule has 3 nitrogen and oxygen atoms in total. The number of hydrogen-bond donors (Lipinski definition) is 1. The fourth-order valence-corrected chi connectivity index (χ4v) is 3.65. The number of ether oxygens (including phenoxy) is 1. The van der Waals surface area contributed by atoms with E-state index in [1.54, 1.807) is 24.9 Å². The number of nitrogens with one attached hydrogen (secondary N) is 1. The molecule has 0 fully saturated rings. The monoisotopic (exact) mass is 397 g/mol. The summed E-state index contributed by atoms with van der Waals surface area (Å²) in [7, 11) is 1.64. The van der Waals surface area contributed by atoms with Gasteiger partial charge in [0, 0.05) is 32.5 Å². The average molecular weight is 398 g/mol. The normalized spacial score (nSPS) is 10.5. The lowest BCUT2D eigenvalue weighted by atomic mass is 10.1. The van der Waals surface area contributed by atoms with E-state index >= 15 is 0 Å². The predicted octanol–water partition coefficient (Wildman–Crippen LogP) is 6.20. The van der Waals surface area contributed by atoms with Crippen molar-refractivity contribution >= 4 is 35.0 Å². The molecule has 27 heavy (non-hydrogen) atoms. The van der Waals surface area contributed by atoms with Gasteiger partial charge in [0.1, 0.15) is 5.75 Å². The second-order valence-electron chi connectivity index (χ2n) is 6.09. The minimum absolute atomic E-state index is 0.138. The number of carbonyl (C=O) groups is 1. The average Bonchev–Trinajstić information content (AvgIpc) is 2.67. The van der Waals surface area contributed by atoms with Gasteiger partial charge in [-0.05, 0) is 67.1 Å². The van der Waals surface area contributed by atoms with E-state index in [9.17, 15) is 4.79 Å². The van der Waals surface area contributed by atoms with E-state index in [0.717, 1.165) is 27.5 Å². The van der Waals surface area contributed by atoms with Gasteiger partial charge in [-0.1, -0.05) is 23.7 Å². The summed E-state index contributed by atoms with van der Waals surface area (Å²) in [4.78, 5) is 13.7. The first-order valence-corrected chi connectivity index (χ1v) is 9.85. The molecule has 138 valence electrons. The fourth-order valence-electron chi connectivity index (χ4n) is 2.65. The lowest BCUT2D eigenvalue weighted by Crippen LogP contribution is -2.12. The molecule has 3 aromatic rings. The van der Waals surface area contributed by atoms with Crippen LogP contribution in [0.3, 0.4) is 0 Å². The zero-order valence-corrected chi connectivity index (χ0v) is 16.7. The lowest BCUT2D eigenvalue weighted by Gasteiger charge is -2.11. The first-order chi connectivity index (χ1) is 13.0. The van der Waals surface area contributed by atoms with Crippen LogP contribution >= 0.6 is 23.4 Å². The van der Waals surface area contributed by atoms with E-state index in [1.807, 2.05) is 67.6 Å². The SMILES string of the molecule is COc1ccc(C(=O)Nc2cccc(C)c2)cc1CSc1ccc(Cl)cc1. The Hall–Kier alpha value is -2.43. The standard InChI is InChI=1S/C22H20ClNO2S/c1-15-4-3-5-19(12-15)24-22(25)16-6-11-21(26-2)17(13-16)14-27-20-9-7-18(23)8-10-20/h3-13H,14H2,1-2H3,(H,24,25). The third kappa shape index (κ3) is 5.28. The number of rotatable bonds is 6. The number of benzene rings is 3. The summed E-state index contributed by atoms with van der Waals surface area (Å²) >= 11 is 7.60. The fraction of sp³-hybridized carbons (Fsp3) is 0.136. The minimum Gasteiger partial charge on any atom is -0.496 e. The van der Waals surface area contributed by atoms with Gasteiger partial charge in [-0.3, -0.25) is 4.79 Å². The number of hydrogen-bond acceptors (Lipinski definition) is 3. The topological polar surface area (TPSA) is 38.3 Å². The van der Waals surface area contributed by atoms with Crippen LogP contribution in [0.1, 0.15) is 21.5 Å². The summed E-state index contributed by atoms with van der Waals surface area (Å²) in [6.45, 7) is 2.00. The molecule has 5 heteroatoms. The summed E-state index contributed by atoms with van der Waals surface area (Å²) in [5.41, 5.74) is 3.45. The van der Waals surface area contributed by atoms with Crippen LogP contribution in [0.5, 0.6) is 5.75 Å². The van der Waals surface area contributed by atoms with E-state index < -0.39 is 0 Å². The smallest absolute Gasteiger partial charge is 0.255 e. The third-order valence-electron chi connectivity index (χ3n) is 4.03. The maximum absolute atomic E-state index is 12.6. The van der Waals surface area contributed by atoms with Gasteiger partial charge in [0.15, 0.2) is 0 Å². The molecule has 0 saturated heterocycles. The van der Waals surface area contributed by atoms with Crippen molar-refractivity contribution in [2.75, 3.05) is 12.4 Å².